The number of hydrogen-bond donors (Lipinski definition) is 2. The summed E-state index contributed by atoms with van der Waals surface area (Å²) in [5, 5.41) is 2.91. The van der Waals surface area contributed by atoms with Crippen molar-refractivity contribution in [1.82, 2.24) is 0 Å². The van der Waals surface area contributed by atoms with Crippen LogP contribution >= 0.6 is 0 Å². The third-order valence-electron chi connectivity index (χ3n) is 2.98. The monoisotopic (exact) mass is 234 g/mol. The van der Waals surface area contributed by atoms with Gasteiger partial charge in [-0.3, -0.25) is 4.79 Å². The molecule has 3 N–H and O–H groups in total. The predicted octanol–water partition coefficient (Wildman–Crippen LogP) is 1.76. The lowest BCUT2D eigenvalue weighted by atomic mass is 9.85. The minimum absolute atomic E-state index is 0.131. The SMILES string of the molecule is NCCOc1ccc(NC(=O)C2CCC2)cc1. The zero-order chi connectivity index (χ0) is 12.1. The van der Waals surface area contributed by atoms with Gasteiger partial charge in [-0.05, 0) is 37.1 Å². The highest BCUT2D eigenvalue weighted by Crippen LogP contribution is 2.27. The molecule has 1 saturated carbocycles. The first kappa shape index (κ1) is 11.9. The van der Waals surface area contributed by atoms with Crippen molar-refractivity contribution in [3.63, 3.8) is 0 Å². The molecule has 1 aromatic carbocycles. The van der Waals surface area contributed by atoms with E-state index < -0.39 is 0 Å². The molecule has 0 atom stereocenters. The Labute approximate surface area is 101 Å². The van der Waals surface area contributed by atoms with Gasteiger partial charge in [0, 0.05) is 18.2 Å². The Hall–Kier alpha value is -1.55. The van der Waals surface area contributed by atoms with Crippen molar-refractivity contribution in [1.29, 1.82) is 0 Å². The summed E-state index contributed by atoms with van der Waals surface area (Å²) in [4.78, 5) is 11.7. The molecule has 0 aromatic heterocycles. The number of carbonyl (C=O) groups excluding carboxylic acids is 1. The highest BCUT2D eigenvalue weighted by molar-refractivity contribution is 5.93. The Bertz CT molecular complexity index is 372. The molecule has 1 amide bonds. The highest BCUT2D eigenvalue weighted by atomic mass is 16.5. The minimum atomic E-state index is 0.131. The number of nitrogens with two attached hydrogens (primary N) is 1. The summed E-state index contributed by atoms with van der Waals surface area (Å²) < 4.78 is 5.36. The molecular formula is C13H18N2O2. The van der Waals surface area contributed by atoms with Crippen LogP contribution in [-0.2, 0) is 4.79 Å². The van der Waals surface area contributed by atoms with Crippen LogP contribution in [0.4, 0.5) is 5.69 Å². The van der Waals surface area contributed by atoms with Crippen LogP contribution in [0.1, 0.15) is 19.3 Å². The van der Waals surface area contributed by atoms with Crippen molar-refractivity contribution in [3.05, 3.63) is 24.3 Å². The van der Waals surface area contributed by atoms with Crippen molar-refractivity contribution in [2.45, 2.75) is 19.3 Å². The number of rotatable bonds is 5. The smallest absolute Gasteiger partial charge is 0.227 e. The molecular weight excluding hydrogens is 216 g/mol. The maximum absolute atomic E-state index is 11.7. The van der Waals surface area contributed by atoms with Crippen molar-refractivity contribution < 1.29 is 9.53 Å². The first-order valence-corrected chi connectivity index (χ1v) is 6.03. The second-order valence-electron chi connectivity index (χ2n) is 4.28. The van der Waals surface area contributed by atoms with Gasteiger partial charge in [-0.1, -0.05) is 6.42 Å². The first-order chi connectivity index (χ1) is 8.29. The second kappa shape index (κ2) is 5.68. The number of nitrogens with one attached hydrogen (secondary N) is 1. The number of carbonyl (C=O) groups is 1. The highest BCUT2D eigenvalue weighted by Gasteiger charge is 2.24. The van der Waals surface area contributed by atoms with E-state index >= 15 is 0 Å². The minimum Gasteiger partial charge on any atom is -0.492 e. The summed E-state index contributed by atoms with van der Waals surface area (Å²) in [6.07, 6.45) is 3.21. The second-order valence-corrected chi connectivity index (χ2v) is 4.28. The molecule has 0 saturated heterocycles. The van der Waals surface area contributed by atoms with Gasteiger partial charge in [0.05, 0.1) is 0 Å². The maximum Gasteiger partial charge on any atom is 0.227 e. The van der Waals surface area contributed by atoms with Crippen molar-refractivity contribution in [3.8, 4) is 5.75 Å². The molecule has 0 aliphatic heterocycles. The number of hydrogen-bond acceptors (Lipinski definition) is 3. The topological polar surface area (TPSA) is 64.3 Å². The van der Waals surface area contributed by atoms with E-state index in [0.717, 1.165) is 24.3 Å². The molecule has 1 fully saturated rings. The molecule has 4 heteroatoms. The molecule has 17 heavy (non-hydrogen) atoms. The van der Waals surface area contributed by atoms with E-state index in [1.807, 2.05) is 24.3 Å². The number of ether oxygens (including phenoxy) is 1. The van der Waals surface area contributed by atoms with Gasteiger partial charge in [0.15, 0.2) is 0 Å². The Balaban J connectivity index is 1.86. The van der Waals surface area contributed by atoms with E-state index in [4.69, 9.17) is 10.5 Å². The lowest BCUT2D eigenvalue weighted by Crippen LogP contribution is -2.27. The molecule has 0 bridgehead atoms. The molecule has 1 aliphatic carbocycles. The first-order valence-electron chi connectivity index (χ1n) is 6.03. The number of benzene rings is 1. The molecule has 1 aliphatic rings. The van der Waals surface area contributed by atoms with Gasteiger partial charge in [0.2, 0.25) is 5.91 Å². The Kier molecular flexibility index (Phi) is 3.98. The van der Waals surface area contributed by atoms with E-state index in [0.29, 0.717) is 13.2 Å². The maximum atomic E-state index is 11.7. The van der Waals surface area contributed by atoms with Crippen LogP contribution < -0.4 is 15.8 Å². The molecule has 0 radical (unpaired) electrons. The molecule has 1 aromatic rings. The Morgan fingerprint density at radius 1 is 1.35 bits per heavy atom. The van der Waals surface area contributed by atoms with E-state index in [-0.39, 0.29) is 11.8 Å². The van der Waals surface area contributed by atoms with Crippen LogP contribution in [0.2, 0.25) is 0 Å². The zero-order valence-electron chi connectivity index (χ0n) is 9.82. The van der Waals surface area contributed by atoms with Gasteiger partial charge in [-0.15, -0.1) is 0 Å². The molecule has 0 heterocycles. The van der Waals surface area contributed by atoms with Gasteiger partial charge in [-0.25, -0.2) is 0 Å². The van der Waals surface area contributed by atoms with E-state index in [1.54, 1.807) is 0 Å². The summed E-state index contributed by atoms with van der Waals surface area (Å²) in [6.45, 7) is 1.01. The van der Waals surface area contributed by atoms with Crippen LogP contribution in [0, 0.1) is 5.92 Å². The fourth-order valence-electron chi connectivity index (χ4n) is 1.73. The normalized spacial score (nSPS) is 15.1. The van der Waals surface area contributed by atoms with E-state index in [1.165, 1.54) is 6.42 Å². The van der Waals surface area contributed by atoms with Gasteiger partial charge >= 0.3 is 0 Å². The van der Waals surface area contributed by atoms with Gasteiger partial charge in [-0.2, -0.15) is 0 Å². The standard InChI is InChI=1S/C13H18N2O2/c14-8-9-17-12-6-4-11(5-7-12)15-13(16)10-2-1-3-10/h4-7,10H,1-3,8-9,14H2,(H,15,16). The van der Waals surface area contributed by atoms with Crippen LogP contribution in [-0.4, -0.2) is 19.1 Å². The zero-order valence-corrected chi connectivity index (χ0v) is 9.82. The average molecular weight is 234 g/mol. The van der Waals surface area contributed by atoms with Crippen LogP contribution in [0.3, 0.4) is 0 Å². The summed E-state index contributed by atoms with van der Waals surface area (Å²) in [7, 11) is 0. The number of amides is 1. The molecule has 2 rings (SSSR count). The Morgan fingerprint density at radius 3 is 2.59 bits per heavy atom. The van der Waals surface area contributed by atoms with Crippen molar-refractivity contribution >= 4 is 11.6 Å². The fourth-order valence-corrected chi connectivity index (χ4v) is 1.73. The molecule has 4 nitrogen and oxygen atoms in total. The summed E-state index contributed by atoms with van der Waals surface area (Å²) in [5.41, 5.74) is 6.17. The molecule has 0 spiro atoms. The lowest BCUT2D eigenvalue weighted by Gasteiger charge is -2.24. The molecule has 0 unspecified atom stereocenters. The van der Waals surface area contributed by atoms with Gasteiger partial charge in [0.25, 0.3) is 0 Å². The van der Waals surface area contributed by atoms with E-state index in [9.17, 15) is 4.79 Å². The third kappa shape index (κ3) is 3.20. The lowest BCUT2D eigenvalue weighted by molar-refractivity contribution is -0.122. The van der Waals surface area contributed by atoms with Crippen LogP contribution in [0.15, 0.2) is 24.3 Å². The van der Waals surface area contributed by atoms with Crippen LogP contribution in [0.25, 0.3) is 0 Å². The largest absolute Gasteiger partial charge is 0.492 e. The molecule has 92 valence electrons. The van der Waals surface area contributed by atoms with E-state index in [2.05, 4.69) is 5.32 Å². The fraction of sp³-hybridized carbons (Fsp3) is 0.462. The van der Waals surface area contributed by atoms with Gasteiger partial charge in [0.1, 0.15) is 12.4 Å². The number of anilines is 1. The predicted molar refractivity (Wildman–Crippen MR) is 67.0 cm³/mol. The van der Waals surface area contributed by atoms with Crippen molar-refractivity contribution in [2.75, 3.05) is 18.5 Å². The van der Waals surface area contributed by atoms with Crippen LogP contribution in [0.5, 0.6) is 5.75 Å². The quantitative estimate of drug-likeness (QED) is 0.816. The third-order valence-corrected chi connectivity index (χ3v) is 2.98. The average Bonchev–Trinajstić information content (AvgIpc) is 2.26. The van der Waals surface area contributed by atoms with Crippen molar-refractivity contribution in [2.24, 2.45) is 11.7 Å². The summed E-state index contributed by atoms with van der Waals surface area (Å²) >= 11 is 0. The summed E-state index contributed by atoms with van der Waals surface area (Å²) in [6, 6.07) is 7.38. The summed E-state index contributed by atoms with van der Waals surface area (Å²) in [5.74, 6) is 1.12. The Morgan fingerprint density at radius 2 is 2.06 bits per heavy atom. The van der Waals surface area contributed by atoms with Gasteiger partial charge < -0.3 is 15.8 Å².